The van der Waals surface area contributed by atoms with Crippen LogP contribution >= 0.6 is 0 Å². The molecule has 7 heteroatoms. The third-order valence-electron chi connectivity index (χ3n) is 4.06. The summed E-state index contributed by atoms with van der Waals surface area (Å²) in [5.74, 6) is -0.0689. The highest BCUT2D eigenvalue weighted by Crippen LogP contribution is 2.27. The Balaban J connectivity index is 1.76. The monoisotopic (exact) mass is 285 g/mol. The molecule has 0 radical (unpaired) electrons. The van der Waals surface area contributed by atoms with E-state index in [1.807, 2.05) is 6.92 Å². The van der Waals surface area contributed by atoms with E-state index >= 15 is 0 Å². The molecule has 19 heavy (non-hydrogen) atoms. The van der Waals surface area contributed by atoms with Gasteiger partial charge in [-0.15, -0.1) is 0 Å². The largest absolute Gasteiger partial charge is 0.364 e. The number of sulfonamides is 1. The van der Waals surface area contributed by atoms with Crippen LogP contribution in [-0.4, -0.2) is 54.5 Å². The third kappa shape index (κ3) is 2.54. The van der Waals surface area contributed by atoms with Crippen LogP contribution in [0.1, 0.15) is 25.5 Å². The van der Waals surface area contributed by atoms with Crippen molar-refractivity contribution in [2.45, 2.75) is 37.6 Å². The normalized spacial score (nSPS) is 29.5. The molecule has 3 rings (SSSR count). The van der Waals surface area contributed by atoms with Crippen LogP contribution in [0.2, 0.25) is 0 Å². The van der Waals surface area contributed by atoms with Crippen molar-refractivity contribution in [3.63, 3.8) is 0 Å². The fraction of sp³-hybridized carbons (Fsp3) is 0.750. The van der Waals surface area contributed by atoms with Gasteiger partial charge in [0.05, 0.1) is 5.69 Å². The Hall–Kier alpha value is -0.920. The van der Waals surface area contributed by atoms with Crippen LogP contribution in [-0.2, 0) is 15.8 Å². The van der Waals surface area contributed by atoms with Crippen LogP contribution in [0.4, 0.5) is 0 Å². The summed E-state index contributed by atoms with van der Waals surface area (Å²) in [5, 5.41) is 3.70. The lowest BCUT2D eigenvalue weighted by Crippen LogP contribution is -2.56. The van der Waals surface area contributed by atoms with E-state index in [1.54, 1.807) is 10.4 Å². The van der Waals surface area contributed by atoms with E-state index in [4.69, 9.17) is 4.52 Å². The Morgan fingerprint density at radius 2 is 2.32 bits per heavy atom. The van der Waals surface area contributed by atoms with Crippen molar-refractivity contribution in [1.29, 1.82) is 0 Å². The molecule has 1 aromatic rings. The minimum absolute atomic E-state index is 0.0336. The van der Waals surface area contributed by atoms with E-state index in [-0.39, 0.29) is 11.8 Å². The molecular formula is C12H19N3O3S. The molecule has 2 saturated heterocycles. The van der Waals surface area contributed by atoms with Crippen LogP contribution in [0.3, 0.4) is 0 Å². The molecule has 0 unspecified atom stereocenters. The first-order valence-electron chi connectivity index (χ1n) is 6.69. The zero-order chi connectivity index (χ0) is 13.5. The van der Waals surface area contributed by atoms with Crippen LogP contribution in [0.15, 0.2) is 16.9 Å². The summed E-state index contributed by atoms with van der Waals surface area (Å²) < 4.78 is 31.3. The maximum absolute atomic E-state index is 12.5. The maximum atomic E-state index is 12.5. The minimum Gasteiger partial charge on any atom is -0.364 e. The first kappa shape index (κ1) is 13.1. The van der Waals surface area contributed by atoms with E-state index < -0.39 is 10.0 Å². The first-order valence-corrected chi connectivity index (χ1v) is 8.30. The van der Waals surface area contributed by atoms with Crippen molar-refractivity contribution in [2.75, 3.05) is 19.6 Å². The molecule has 0 aromatic carbocycles. The number of hydrogen-bond donors (Lipinski definition) is 0. The van der Waals surface area contributed by atoms with Crippen molar-refractivity contribution < 1.29 is 12.9 Å². The average molecular weight is 285 g/mol. The maximum Gasteiger partial charge on any atom is 0.220 e. The van der Waals surface area contributed by atoms with Gasteiger partial charge in [-0.1, -0.05) is 5.16 Å². The fourth-order valence-corrected chi connectivity index (χ4v) is 4.83. The number of rotatable bonds is 3. The molecule has 2 fully saturated rings. The third-order valence-corrected chi connectivity index (χ3v) is 5.94. The van der Waals surface area contributed by atoms with E-state index in [0.717, 1.165) is 19.5 Å². The van der Waals surface area contributed by atoms with Crippen molar-refractivity contribution in [1.82, 2.24) is 14.4 Å². The summed E-state index contributed by atoms with van der Waals surface area (Å²) in [7, 11) is -3.31. The number of nitrogens with zero attached hydrogens (tertiary/aromatic N) is 3. The van der Waals surface area contributed by atoms with Crippen molar-refractivity contribution in [2.24, 2.45) is 0 Å². The number of hydrogen-bond acceptors (Lipinski definition) is 5. The number of aromatic nitrogens is 1. The summed E-state index contributed by atoms with van der Waals surface area (Å²) in [6.45, 7) is 4.53. The van der Waals surface area contributed by atoms with Gasteiger partial charge in [0.1, 0.15) is 12.0 Å². The molecule has 106 valence electrons. The van der Waals surface area contributed by atoms with Gasteiger partial charge in [0, 0.05) is 31.2 Å². The Morgan fingerprint density at radius 3 is 3.05 bits per heavy atom. The van der Waals surface area contributed by atoms with E-state index in [2.05, 4.69) is 10.1 Å². The second-order valence-electron chi connectivity index (χ2n) is 5.46. The second kappa shape index (κ2) is 4.88. The predicted octanol–water partition coefficient (Wildman–Crippen LogP) is 0.673. The van der Waals surface area contributed by atoms with Gasteiger partial charge in [-0.25, -0.2) is 8.42 Å². The molecule has 6 nitrogen and oxygen atoms in total. The van der Waals surface area contributed by atoms with Gasteiger partial charge < -0.3 is 4.52 Å². The molecule has 0 spiro atoms. The second-order valence-corrected chi connectivity index (χ2v) is 7.38. The highest BCUT2D eigenvalue weighted by Gasteiger charge is 2.39. The predicted molar refractivity (Wildman–Crippen MR) is 69.9 cm³/mol. The Bertz CT molecular complexity index is 528. The van der Waals surface area contributed by atoms with Crippen molar-refractivity contribution >= 4 is 10.0 Å². The molecule has 1 aromatic heterocycles. The van der Waals surface area contributed by atoms with Crippen molar-refractivity contribution in [3.8, 4) is 0 Å². The Kier molecular flexibility index (Phi) is 3.36. The lowest BCUT2D eigenvalue weighted by molar-refractivity contribution is 0.117. The minimum atomic E-state index is -3.31. The Labute approximate surface area is 113 Å². The quantitative estimate of drug-likeness (QED) is 0.816. The topological polar surface area (TPSA) is 66.7 Å². The molecule has 2 atom stereocenters. The summed E-state index contributed by atoms with van der Waals surface area (Å²) in [6.07, 6.45) is 3.68. The van der Waals surface area contributed by atoms with Gasteiger partial charge in [-0.2, -0.15) is 4.31 Å². The zero-order valence-electron chi connectivity index (χ0n) is 11.0. The standard InChI is InChI=1S/C12H19N3O3S/c1-10-7-14-5-2-3-12(14)8-15(10)19(16,17)9-11-4-6-18-13-11/h4,6,10,12H,2-3,5,7-9H2,1H3/t10-,12-/m1/s1. The highest BCUT2D eigenvalue weighted by atomic mass is 32.2. The molecule has 2 aliphatic rings. The molecule has 3 heterocycles. The van der Waals surface area contributed by atoms with Gasteiger partial charge in [-0.3, -0.25) is 4.90 Å². The van der Waals surface area contributed by atoms with E-state index in [9.17, 15) is 8.42 Å². The summed E-state index contributed by atoms with van der Waals surface area (Å²) in [4.78, 5) is 2.41. The Morgan fingerprint density at radius 1 is 1.47 bits per heavy atom. The van der Waals surface area contributed by atoms with Gasteiger partial charge in [-0.05, 0) is 26.3 Å². The summed E-state index contributed by atoms with van der Waals surface area (Å²) in [6, 6.07) is 2.03. The van der Waals surface area contributed by atoms with Gasteiger partial charge in [0.15, 0.2) is 0 Å². The molecule has 2 aliphatic heterocycles. The molecular weight excluding hydrogens is 266 g/mol. The molecule has 0 amide bonds. The molecule has 0 saturated carbocycles. The summed E-state index contributed by atoms with van der Waals surface area (Å²) >= 11 is 0. The molecule has 0 bridgehead atoms. The van der Waals surface area contributed by atoms with Crippen LogP contribution in [0.5, 0.6) is 0 Å². The molecule has 0 N–H and O–H groups in total. The van der Waals surface area contributed by atoms with E-state index in [1.165, 1.54) is 12.7 Å². The smallest absolute Gasteiger partial charge is 0.220 e. The average Bonchev–Trinajstić information content (AvgIpc) is 2.97. The van der Waals surface area contributed by atoms with Gasteiger partial charge >= 0.3 is 0 Å². The van der Waals surface area contributed by atoms with E-state index in [0.29, 0.717) is 18.3 Å². The van der Waals surface area contributed by atoms with Crippen molar-refractivity contribution in [3.05, 3.63) is 18.0 Å². The van der Waals surface area contributed by atoms with Crippen LogP contribution < -0.4 is 0 Å². The summed E-state index contributed by atoms with van der Waals surface area (Å²) in [5.41, 5.74) is 0.473. The number of piperazine rings is 1. The first-order chi connectivity index (χ1) is 9.06. The SMILES string of the molecule is C[C@@H]1CN2CCC[C@@H]2CN1S(=O)(=O)Cc1ccon1. The number of fused-ring (bicyclic) bond motifs is 1. The molecule has 0 aliphatic carbocycles. The highest BCUT2D eigenvalue weighted by molar-refractivity contribution is 7.88. The van der Waals surface area contributed by atoms with Gasteiger partial charge in [0.25, 0.3) is 0 Å². The van der Waals surface area contributed by atoms with Crippen LogP contribution in [0.25, 0.3) is 0 Å². The van der Waals surface area contributed by atoms with Gasteiger partial charge in [0.2, 0.25) is 10.0 Å². The zero-order valence-corrected chi connectivity index (χ0v) is 11.8. The van der Waals surface area contributed by atoms with Crippen LogP contribution in [0, 0.1) is 0 Å². The lowest BCUT2D eigenvalue weighted by Gasteiger charge is -2.41. The fourth-order valence-electron chi connectivity index (χ4n) is 3.13. The lowest BCUT2D eigenvalue weighted by atomic mass is 10.1.